The van der Waals surface area contributed by atoms with Gasteiger partial charge < -0.3 is 15.4 Å². The minimum absolute atomic E-state index is 0. The van der Waals surface area contributed by atoms with Crippen LogP contribution in [0.1, 0.15) is 44.9 Å². The van der Waals surface area contributed by atoms with Crippen molar-refractivity contribution in [2.24, 2.45) is 5.92 Å². The number of sulfone groups is 1. The van der Waals surface area contributed by atoms with Gasteiger partial charge in [-0.2, -0.15) is 0 Å². The van der Waals surface area contributed by atoms with Gasteiger partial charge in [0.05, 0.1) is 6.61 Å². The van der Waals surface area contributed by atoms with E-state index in [1.54, 1.807) is 12.1 Å². The third-order valence-electron chi connectivity index (χ3n) is 5.86. The Morgan fingerprint density at radius 2 is 1.75 bits per heavy atom. The molecular formula is C20H31ClN2O4S. The molecule has 0 bridgehead atoms. The monoisotopic (exact) mass is 430 g/mol. The van der Waals surface area contributed by atoms with Crippen LogP contribution < -0.4 is 15.4 Å². The lowest BCUT2D eigenvalue weighted by Crippen LogP contribution is -2.55. The highest BCUT2D eigenvalue weighted by molar-refractivity contribution is 7.92. The number of nitrogens with one attached hydrogen (secondary N) is 2. The molecule has 28 heavy (non-hydrogen) atoms. The summed E-state index contributed by atoms with van der Waals surface area (Å²) in [6.45, 7) is 1.78. The van der Waals surface area contributed by atoms with Crippen LogP contribution in [0.4, 0.5) is 5.69 Å². The third-order valence-corrected chi connectivity index (χ3v) is 7.87. The van der Waals surface area contributed by atoms with E-state index in [2.05, 4.69) is 10.6 Å². The molecule has 0 radical (unpaired) electrons. The average Bonchev–Trinajstić information content (AvgIpc) is 2.68. The molecule has 2 aliphatic rings. The minimum Gasteiger partial charge on any atom is -0.493 e. The molecule has 8 heteroatoms. The Bertz CT molecular complexity index is 740. The number of halogens is 1. The van der Waals surface area contributed by atoms with Crippen LogP contribution in [0.3, 0.4) is 0 Å². The molecule has 158 valence electrons. The van der Waals surface area contributed by atoms with E-state index in [1.165, 1.54) is 32.1 Å². The maximum Gasteiger partial charge on any atom is 0.245 e. The van der Waals surface area contributed by atoms with Crippen LogP contribution >= 0.6 is 12.4 Å². The van der Waals surface area contributed by atoms with Crippen LogP contribution in [0, 0.1) is 5.92 Å². The van der Waals surface area contributed by atoms with Gasteiger partial charge in [-0.25, -0.2) is 8.42 Å². The van der Waals surface area contributed by atoms with E-state index < -0.39 is 20.5 Å². The van der Waals surface area contributed by atoms with E-state index in [1.807, 2.05) is 12.1 Å². The Labute approximate surface area is 174 Å². The molecule has 1 aliphatic carbocycles. The van der Waals surface area contributed by atoms with E-state index >= 15 is 0 Å². The van der Waals surface area contributed by atoms with Gasteiger partial charge in [-0.3, -0.25) is 4.79 Å². The summed E-state index contributed by atoms with van der Waals surface area (Å²) in [6, 6.07) is 7.19. The fourth-order valence-electron chi connectivity index (χ4n) is 4.04. The van der Waals surface area contributed by atoms with Gasteiger partial charge >= 0.3 is 0 Å². The first kappa shape index (κ1) is 23.0. The molecule has 0 aromatic heterocycles. The van der Waals surface area contributed by atoms with Crippen molar-refractivity contribution in [3.05, 3.63) is 24.3 Å². The van der Waals surface area contributed by atoms with Gasteiger partial charge in [-0.1, -0.05) is 19.3 Å². The second-order valence-corrected chi connectivity index (χ2v) is 10.1. The summed E-state index contributed by atoms with van der Waals surface area (Å²) < 4.78 is 29.2. The molecule has 1 saturated carbocycles. The fraction of sp³-hybridized carbons (Fsp3) is 0.650. The first-order valence-electron chi connectivity index (χ1n) is 9.85. The highest BCUT2D eigenvalue weighted by atomic mass is 35.5. The smallest absolute Gasteiger partial charge is 0.245 e. The molecule has 1 aliphatic heterocycles. The SMILES string of the molecule is CS(=O)(=O)C1(C(=O)Nc2ccc(OCC3CCCCC3)cc2)CCNCC1.Cl. The topological polar surface area (TPSA) is 84.5 Å². The lowest BCUT2D eigenvalue weighted by atomic mass is 9.90. The minimum atomic E-state index is -3.51. The van der Waals surface area contributed by atoms with Gasteiger partial charge in [-0.05, 0) is 69.0 Å². The van der Waals surface area contributed by atoms with Gasteiger partial charge in [0.15, 0.2) is 14.6 Å². The molecular weight excluding hydrogens is 400 g/mol. The predicted molar refractivity (Wildman–Crippen MR) is 114 cm³/mol. The van der Waals surface area contributed by atoms with Crippen molar-refractivity contribution in [2.75, 3.05) is 31.3 Å². The van der Waals surface area contributed by atoms with Gasteiger partial charge in [0.25, 0.3) is 0 Å². The second kappa shape index (κ2) is 9.94. The van der Waals surface area contributed by atoms with Crippen LogP contribution in [0.2, 0.25) is 0 Å². The summed E-state index contributed by atoms with van der Waals surface area (Å²) >= 11 is 0. The second-order valence-electron chi connectivity index (χ2n) is 7.81. The van der Waals surface area contributed by atoms with Crippen molar-refractivity contribution in [3.8, 4) is 5.75 Å². The maximum absolute atomic E-state index is 12.8. The number of amides is 1. The summed E-state index contributed by atoms with van der Waals surface area (Å²) in [7, 11) is -3.51. The Balaban J connectivity index is 0.00000280. The number of hydrogen-bond donors (Lipinski definition) is 2. The number of hydrogen-bond acceptors (Lipinski definition) is 5. The molecule has 3 rings (SSSR count). The van der Waals surface area contributed by atoms with Gasteiger partial charge in [-0.15, -0.1) is 12.4 Å². The van der Waals surface area contributed by atoms with Crippen molar-refractivity contribution >= 4 is 33.8 Å². The Morgan fingerprint density at radius 3 is 2.32 bits per heavy atom. The zero-order chi connectivity index (χ0) is 19.3. The highest BCUT2D eigenvalue weighted by Gasteiger charge is 2.48. The summed E-state index contributed by atoms with van der Waals surface area (Å²) in [6.07, 6.45) is 8.11. The fourth-order valence-corrected chi connectivity index (χ4v) is 5.38. The van der Waals surface area contributed by atoms with Crippen LogP contribution in [0.25, 0.3) is 0 Å². The standard InChI is InChI=1S/C20H30N2O4S.ClH/c1-27(24,25)20(11-13-21-14-12-20)19(23)22-17-7-9-18(10-8-17)26-15-16-5-3-2-4-6-16;/h7-10,16,21H,2-6,11-15H2,1H3,(H,22,23);1H. The van der Waals surface area contributed by atoms with Gasteiger partial charge in [0.1, 0.15) is 5.75 Å². The van der Waals surface area contributed by atoms with Crippen LogP contribution in [-0.2, 0) is 14.6 Å². The number of benzene rings is 1. The zero-order valence-electron chi connectivity index (χ0n) is 16.4. The molecule has 0 spiro atoms. The number of rotatable bonds is 6. The molecule has 1 aromatic carbocycles. The normalized spacial score (nSPS) is 20.0. The number of carbonyl (C=O) groups is 1. The van der Waals surface area contributed by atoms with Crippen LogP contribution in [0.15, 0.2) is 24.3 Å². The molecule has 0 atom stereocenters. The van der Waals surface area contributed by atoms with E-state index in [-0.39, 0.29) is 12.4 Å². The molecule has 0 unspecified atom stereocenters. The van der Waals surface area contributed by atoms with Gasteiger partial charge in [0, 0.05) is 11.9 Å². The van der Waals surface area contributed by atoms with E-state index in [9.17, 15) is 13.2 Å². The molecule has 1 saturated heterocycles. The third kappa shape index (κ3) is 5.39. The first-order valence-corrected chi connectivity index (χ1v) is 11.7. The van der Waals surface area contributed by atoms with Crippen molar-refractivity contribution in [3.63, 3.8) is 0 Å². The van der Waals surface area contributed by atoms with Gasteiger partial charge in [0.2, 0.25) is 5.91 Å². The largest absolute Gasteiger partial charge is 0.493 e. The maximum atomic E-state index is 12.8. The van der Waals surface area contributed by atoms with E-state index in [4.69, 9.17) is 4.74 Å². The molecule has 1 amide bonds. The summed E-state index contributed by atoms with van der Waals surface area (Å²) in [5.74, 6) is 0.966. The molecule has 2 fully saturated rings. The van der Waals surface area contributed by atoms with Crippen molar-refractivity contribution in [2.45, 2.75) is 49.7 Å². The molecule has 1 aromatic rings. The lowest BCUT2D eigenvalue weighted by molar-refractivity contribution is -0.119. The predicted octanol–water partition coefficient (Wildman–Crippen LogP) is 3.17. The summed E-state index contributed by atoms with van der Waals surface area (Å²) in [5.41, 5.74) is 0.589. The Morgan fingerprint density at radius 1 is 1.14 bits per heavy atom. The zero-order valence-corrected chi connectivity index (χ0v) is 18.0. The van der Waals surface area contributed by atoms with Crippen molar-refractivity contribution in [1.29, 1.82) is 0 Å². The van der Waals surface area contributed by atoms with Crippen LogP contribution in [0.5, 0.6) is 5.75 Å². The van der Waals surface area contributed by atoms with Crippen molar-refractivity contribution < 1.29 is 17.9 Å². The number of carbonyl (C=O) groups excluding carboxylic acids is 1. The van der Waals surface area contributed by atoms with E-state index in [0.29, 0.717) is 37.5 Å². The summed E-state index contributed by atoms with van der Waals surface area (Å²) in [5, 5.41) is 5.91. The number of piperidine rings is 1. The average molecular weight is 431 g/mol. The molecule has 1 heterocycles. The van der Waals surface area contributed by atoms with Crippen molar-refractivity contribution in [1.82, 2.24) is 5.32 Å². The van der Waals surface area contributed by atoms with Crippen LogP contribution in [-0.4, -0.2) is 45.0 Å². The molecule has 6 nitrogen and oxygen atoms in total. The lowest BCUT2D eigenvalue weighted by Gasteiger charge is -2.34. The Hall–Kier alpha value is -1.31. The number of ether oxygens (including phenoxy) is 1. The summed E-state index contributed by atoms with van der Waals surface area (Å²) in [4.78, 5) is 12.8. The first-order chi connectivity index (χ1) is 12.9. The quantitative estimate of drug-likeness (QED) is 0.724. The Kier molecular flexibility index (Phi) is 8.16. The van der Waals surface area contributed by atoms with E-state index in [0.717, 1.165) is 18.6 Å². The molecule has 2 N–H and O–H groups in total. The highest BCUT2D eigenvalue weighted by Crippen LogP contribution is 2.30. The number of anilines is 1.